The molecule has 0 unspecified atom stereocenters. The molecule has 2 nitrogen and oxygen atoms in total. The Morgan fingerprint density at radius 2 is 2.36 bits per heavy atom. The van der Waals surface area contributed by atoms with Crippen LogP contribution in [0, 0.1) is 0 Å². The normalized spacial score (nSPS) is 10.6. The molecule has 0 aliphatic carbocycles. The van der Waals surface area contributed by atoms with Crippen LogP contribution in [0.3, 0.4) is 0 Å². The van der Waals surface area contributed by atoms with E-state index in [9.17, 15) is 0 Å². The van der Waals surface area contributed by atoms with Crippen LogP contribution in [0.5, 0.6) is 0 Å². The molecule has 0 amide bonds. The maximum Gasteiger partial charge on any atom is 0.0809 e. The van der Waals surface area contributed by atoms with E-state index in [1.54, 1.807) is 18.6 Å². The minimum absolute atomic E-state index is 0.931. The summed E-state index contributed by atoms with van der Waals surface area (Å²) in [5, 5.41) is 0. The number of allylic oxidation sites excluding steroid dienone is 1. The van der Waals surface area contributed by atoms with Gasteiger partial charge in [0.2, 0.25) is 0 Å². The van der Waals surface area contributed by atoms with Crippen LogP contribution in [0.1, 0.15) is 25.5 Å². The maximum absolute atomic E-state index is 4.10. The van der Waals surface area contributed by atoms with Crippen LogP contribution < -0.4 is 0 Å². The van der Waals surface area contributed by atoms with E-state index in [2.05, 4.69) is 23.0 Å². The van der Waals surface area contributed by atoms with Crippen molar-refractivity contribution in [2.24, 2.45) is 0 Å². The van der Waals surface area contributed by atoms with E-state index < -0.39 is 0 Å². The van der Waals surface area contributed by atoms with Gasteiger partial charge in [-0.15, -0.1) is 0 Å². The molecule has 1 rings (SSSR count). The molecule has 0 saturated carbocycles. The van der Waals surface area contributed by atoms with Gasteiger partial charge >= 0.3 is 0 Å². The zero-order valence-corrected chi connectivity index (χ0v) is 6.70. The summed E-state index contributed by atoms with van der Waals surface area (Å²) in [7, 11) is 0. The lowest BCUT2D eigenvalue weighted by Gasteiger charge is -1.88. The molecule has 0 aliphatic heterocycles. The molecule has 0 aromatic carbocycles. The van der Waals surface area contributed by atoms with Gasteiger partial charge in [-0.1, -0.05) is 19.4 Å². The van der Waals surface area contributed by atoms with Crippen molar-refractivity contribution in [3.8, 4) is 0 Å². The van der Waals surface area contributed by atoms with Gasteiger partial charge in [0, 0.05) is 12.4 Å². The summed E-state index contributed by atoms with van der Waals surface area (Å²) < 4.78 is 0. The SMILES string of the molecule is CCC/C=C/c1cnccn1. The summed E-state index contributed by atoms with van der Waals surface area (Å²) >= 11 is 0. The number of rotatable bonds is 3. The molecule has 1 aromatic rings. The fraction of sp³-hybridized carbons (Fsp3) is 0.333. The second-order valence-corrected chi connectivity index (χ2v) is 2.32. The van der Waals surface area contributed by atoms with Crippen molar-refractivity contribution in [3.05, 3.63) is 30.4 Å². The van der Waals surface area contributed by atoms with Gasteiger partial charge in [0.15, 0.2) is 0 Å². The van der Waals surface area contributed by atoms with Crippen molar-refractivity contribution in [1.29, 1.82) is 0 Å². The van der Waals surface area contributed by atoms with E-state index in [4.69, 9.17) is 0 Å². The first-order valence-corrected chi connectivity index (χ1v) is 3.86. The largest absolute Gasteiger partial charge is 0.261 e. The predicted octanol–water partition coefficient (Wildman–Crippen LogP) is 2.29. The Morgan fingerprint density at radius 3 is 3.00 bits per heavy atom. The Hall–Kier alpha value is -1.18. The molecule has 0 fully saturated rings. The van der Waals surface area contributed by atoms with Crippen LogP contribution >= 0.6 is 0 Å². The van der Waals surface area contributed by atoms with Gasteiger partial charge in [-0.25, -0.2) is 0 Å². The second-order valence-electron chi connectivity index (χ2n) is 2.32. The van der Waals surface area contributed by atoms with Crippen molar-refractivity contribution >= 4 is 6.08 Å². The second kappa shape index (κ2) is 4.61. The molecule has 2 heteroatoms. The van der Waals surface area contributed by atoms with Crippen molar-refractivity contribution in [3.63, 3.8) is 0 Å². The Morgan fingerprint density at radius 1 is 1.45 bits per heavy atom. The van der Waals surface area contributed by atoms with Gasteiger partial charge in [-0.3, -0.25) is 9.97 Å². The smallest absolute Gasteiger partial charge is 0.0809 e. The van der Waals surface area contributed by atoms with Gasteiger partial charge in [-0.05, 0) is 12.5 Å². The molecule has 0 bridgehead atoms. The first-order valence-electron chi connectivity index (χ1n) is 3.86. The van der Waals surface area contributed by atoms with Gasteiger partial charge in [0.05, 0.1) is 11.9 Å². The van der Waals surface area contributed by atoms with Gasteiger partial charge in [-0.2, -0.15) is 0 Å². The highest BCUT2D eigenvalue weighted by Crippen LogP contribution is 1.96. The molecule has 0 atom stereocenters. The van der Waals surface area contributed by atoms with E-state index in [0.29, 0.717) is 0 Å². The van der Waals surface area contributed by atoms with E-state index in [1.165, 1.54) is 6.42 Å². The van der Waals surface area contributed by atoms with Gasteiger partial charge in [0.25, 0.3) is 0 Å². The highest BCUT2D eigenvalue weighted by atomic mass is 14.7. The van der Waals surface area contributed by atoms with Crippen molar-refractivity contribution in [1.82, 2.24) is 9.97 Å². The minimum Gasteiger partial charge on any atom is -0.261 e. The highest BCUT2D eigenvalue weighted by molar-refractivity contribution is 5.42. The zero-order valence-electron chi connectivity index (χ0n) is 6.70. The summed E-state index contributed by atoms with van der Waals surface area (Å²) in [5.74, 6) is 0. The summed E-state index contributed by atoms with van der Waals surface area (Å²) in [4.78, 5) is 8.05. The molecule has 0 N–H and O–H groups in total. The quantitative estimate of drug-likeness (QED) is 0.657. The van der Waals surface area contributed by atoms with E-state index in [1.807, 2.05) is 6.08 Å². The lowest BCUT2D eigenvalue weighted by molar-refractivity contribution is 0.961. The lowest BCUT2D eigenvalue weighted by atomic mass is 10.3. The first kappa shape index (κ1) is 7.92. The highest BCUT2D eigenvalue weighted by Gasteiger charge is 1.82. The molecule has 1 aromatic heterocycles. The maximum atomic E-state index is 4.10. The first-order chi connectivity index (χ1) is 5.43. The molecule has 58 valence electrons. The standard InChI is InChI=1S/C9H12N2/c1-2-3-4-5-9-8-10-6-7-11-9/h4-8H,2-3H2,1H3/b5-4+. The van der Waals surface area contributed by atoms with Crippen molar-refractivity contribution in [2.45, 2.75) is 19.8 Å². The topological polar surface area (TPSA) is 25.8 Å². The Balaban J connectivity index is 2.50. The van der Waals surface area contributed by atoms with Crippen molar-refractivity contribution < 1.29 is 0 Å². The average molecular weight is 148 g/mol. The third-order valence-corrected chi connectivity index (χ3v) is 1.33. The number of hydrogen-bond acceptors (Lipinski definition) is 2. The molecule has 0 radical (unpaired) electrons. The van der Waals surface area contributed by atoms with Gasteiger partial charge in [0.1, 0.15) is 0 Å². The minimum atomic E-state index is 0.931. The fourth-order valence-corrected chi connectivity index (χ4v) is 0.767. The van der Waals surface area contributed by atoms with E-state index >= 15 is 0 Å². The third kappa shape index (κ3) is 2.94. The molecule has 1 heterocycles. The third-order valence-electron chi connectivity index (χ3n) is 1.33. The Labute approximate surface area is 67.0 Å². The molecular weight excluding hydrogens is 136 g/mol. The lowest BCUT2D eigenvalue weighted by Crippen LogP contribution is -1.79. The van der Waals surface area contributed by atoms with E-state index in [0.717, 1.165) is 12.1 Å². The Bertz CT molecular complexity index is 216. The summed E-state index contributed by atoms with van der Waals surface area (Å²) in [5.41, 5.74) is 0.931. The van der Waals surface area contributed by atoms with Crippen LogP contribution in [0.2, 0.25) is 0 Å². The predicted molar refractivity (Wildman–Crippen MR) is 46.0 cm³/mol. The van der Waals surface area contributed by atoms with Crippen LogP contribution in [0.4, 0.5) is 0 Å². The summed E-state index contributed by atoms with van der Waals surface area (Å²) in [6.45, 7) is 2.15. The number of aromatic nitrogens is 2. The van der Waals surface area contributed by atoms with Gasteiger partial charge < -0.3 is 0 Å². The molecule has 0 aliphatic rings. The number of nitrogens with zero attached hydrogens (tertiary/aromatic N) is 2. The molecule has 0 saturated heterocycles. The molecule has 0 spiro atoms. The monoisotopic (exact) mass is 148 g/mol. The van der Waals surface area contributed by atoms with Crippen LogP contribution in [-0.4, -0.2) is 9.97 Å². The zero-order chi connectivity index (χ0) is 7.94. The summed E-state index contributed by atoms with van der Waals surface area (Å²) in [6, 6.07) is 0. The average Bonchev–Trinajstić information content (AvgIpc) is 2.07. The van der Waals surface area contributed by atoms with Crippen LogP contribution in [0.15, 0.2) is 24.7 Å². The van der Waals surface area contributed by atoms with Crippen LogP contribution in [0.25, 0.3) is 6.08 Å². The Kier molecular flexibility index (Phi) is 3.32. The van der Waals surface area contributed by atoms with Crippen molar-refractivity contribution in [2.75, 3.05) is 0 Å². The molecule has 11 heavy (non-hydrogen) atoms. The molecular formula is C9H12N2. The van der Waals surface area contributed by atoms with Crippen LogP contribution in [-0.2, 0) is 0 Å². The summed E-state index contributed by atoms with van der Waals surface area (Å²) in [6.07, 6.45) is 11.5. The number of unbranched alkanes of at least 4 members (excludes halogenated alkanes) is 1. The van der Waals surface area contributed by atoms with E-state index in [-0.39, 0.29) is 0 Å². The fourth-order valence-electron chi connectivity index (χ4n) is 0.767. The number of hydrogen-bond donors (Lipinski definition) is 0.